The molecule has 1 fully saturated rings. The number of halogens is 1. The lowest BCUT2D eigenvalue weighted by atomic mass is 9.97. The highest BCUT2D eigenvalue weighted by molar-refractivity contribution is 6.30. The number of hydrogen-bond donors (Lipinski definition) is 0. The molecule has 1 atom stereocenters. The zero-order valence-corrected chi connectivity index (χ0v) is 12.5. The Bertz CT molecular complexity index is 656. The molecule has 1 aromatic heterocycles. The predicted molar refractivity (Wildman–Crippen MR) is 78.4 cm³/mol. The van der Waals surface area contributed by atoms with Crippen molar-refractivity contribution in [2.45, 2.75) is 25.7 Å². The third-order valence-corrected chi connectivity index (χ3v) is 3.91. The molecule has 5 nitrogen and oxygen atoms in total. The first-order valence-electron chi connectivity index (χ1n) is 6.98. The van der Waals surface area contributed by atoms with Crippen LogP contribution < -0.4 is 0 Å². The second-order valence-electron chi connectivity index (χ2n) is 5.28. The Kier molecular flexibility index (Phi) is 3.92. The van der Waals surface area contributed by atoms with Gasteiger partial charge in [0.2, 0.25) is 5.89 Å². The third kappa shape index (κ3) is 3.08. The van der Waals surface area contributed by atoms with Crippen molar-refractivity contribution in [2.75, 3.05) is 13.1 Å². The van der Waals surface area contributed by atoms with Crippen LogP contribution in [0.2, 0.25) is 5.02 Å². The van der Waals surface area contributed by atoms with Gasteiger partial charge >= 0.3 is 0 Å². The number of amides is 1. The van der Waals surface area contributed by atoms with Crippen molar-refractivity contribution < 1.29 is 9.32 Å². The molecule has 1 amide bonds. The van der Waals surface area contributed by atoms with E-state index in [1.54, 1.807) is 31.2 Å². The van der Waals surface area contributed by atoms with E-state index < -0.39 is 0 Å². The van der Waals surface area contributed by atoms with Gasteiger partial charge in [-0.1, -0.05) is 22.8 Å². The van der Waals surface area contributed by atoms with Crippen LogP contribution in [0.15, 0.2) is 28.8 Å². The molecule has 2 heterocycles. The quantitative estimate of drug-likeness (QED) is 0.855. The lowest BCUT2D eigenvalue weighted by molar-refractivity contribution is 0.0695. The van der Waals surface area contributed by atoms with E-state index in [0.717, 1.165) is 19.4 Å². The topological polar surface area (TPSA) is 59.2 Å². The SMILES string of the molecule is Cc1noc(C2CCCN(C(=O)c3cccc(Cl)c3)C2)n1. The standard InChI is InChI=1S/C15H16ClN3O2/c1-10-17-14(21-18-10)12-5-3-7-19(9-12)15(20)11-4-2-6-13(16)8-11/h2,4,6,8,12H,3,5,7,9H2,1H3. The summed E-state index contributed by atoms with van der Waals surface area (Å²) in [4.78, 5) is 18.6. The average Bonchev–Trinajstić information content (AvgIpc) is 2.93. The van der Waals surface area contributed by atoms with Gasteiger partial charge in [-0.05, 0) is 38.0 Å². The number of aromatic nitrogens is 2. The second-order valence-corrected chi connectivity index (χ2v) is 5.72. The summed E-state index contributed by atoms with van der Waals surface area (Å²) in [5.74, 6) is 1.36. The van der Waals surface area contributed by atoms with Gasteiger partial charge in [0.1, 0.15) is 0 Å². The normalized spacial score (nSPS) is 18.8. The number of rotatable bonds is 2. The molecule has 6 heteroatoms. The van der Waals surface area contributed by atoms with Crippen molar-refractivity contribution >= 4 is 17.5 Å². The molecule has 1 aromatic carbocycles. The van der Waals surface area contributed by atoms with Crippen LogP contribution >= 0.6 is 11.6 Å². The molecular formula is C15H16ClN3O2. The molecule has 21 heavy (non-hydrogen) atoms. The van der Waals surface area contributed by atoms with E-state index in [0.29, 0.717) is 28.8 Å². The number of likely N-dealkylation sites (tertiary alicyclic amines) is 1. The Balaban J connectivity index is 1.75. The van der Waals surface area contributed by atoms with Crippen LogP contribution in [0.4, 0.5) is 0 Å². The van der Waals surface area contributed by atoms with Crippen molar-refractivity contribution in [3.8, 4) is 0 Å². The molecule has 0 aliphatic carbocycles. The van der Waals surface area contributed by atoms with Gasteiger partial charge in [0, 0.05) is 23.7 Å². The zero-order valence-electron chi connectivity index (χ0n) is 11.8. The van der Waals surface area contributed by atoms with Crippen LogP contribution in [0.5, 0.6) is 0 Å². The Morgan fingerprint density at radius 1 is 1.48 bits per heavy atom. The molecule has 3 rings (SSSR count). The third-order valence-electron chi connectivity index (χ3n) is 3.67. The smallest absolute Gasteiger partial charge is 0.253 e. The maximum absolute atomic E-state index is 12.5. The minimum atomic E-state index is -0.00145. The molecule has 0 saturated carbocycles. The van der Waals surface area contributed by atoms with E-state index in [-0.39, 0.29) is 11.8 Å². The summed E-state index contributed by atoms with van der Waals surface area (Å²) >= 11 is 5.95. The molecule has 0 spiro atoms. The largest absolute Gasteiger partial charge is 0.339 e. The predicted octanol–water partition coefficient (Wildman–Crippen LogP) is 3.05. The second kappa shape index (κ2) is 5.85. The van der Waals surface area contributed by atoms with Crippen molar-refractivity contribution in [1.82, 2.24) is 15.0 Å². The molecule has 2 aromatic rings. The minimum absolute atomic E-state index is 0.00145. The summed E-state index contributed by atoms with van der Waals surface area (Å²) < 4.78 is 5.24. The fourth-order valence-corrected chi connectivity index (χ4v) is 2.84. The van der Waals surface area contributed by atoms with Crippen molar-refractivity contribution in [3.05, 3.63) is 46.6 Å². The average molecular weight is 306 g/mol. The van der Waals surface area contributed by atoms with E-state index in [9.17, 15) is 4.79 Å². The number of nitrogens with zero attached hydrogens (tertiary/aromatic N) is 3. The molecular weight excluding hydrogens is 290 g/mol. The van der Waals surface area contributed by atoms with Crippen LogP contribution in [0.3, 0.4) is 0 Å². The Morgan fingerprint density at radius 2 is 2.33 bits per heavy atom. The molecule has 0 bridgehead atoms. The Hall–Kier alpha value is -1.88. The summed E-state index contributed by atoms with van der Waals surface area (Å²) in [5, 5.41) is 4.40. The molecule has 1 saturated heterocycles. The molecule has 1 aliphatic rings. The first-order chi connectivity index (χ1) is 10.1. The van der Waals surface area contributed by atoms with E-state index >= 15 is 0 Å². The zero-order chi connectivity index (χ0) is 14.8. The summed E-state index contributed by atoms with van der Waals surface area (Å²) in [5.41, 5.74) is 0.616. The Labute approximate surface area is 127 Å². The first-order valence-corrected chi connectivity index (χ1v) is 7.36. The van der Waals surface area contributed by atoms with Crippen molar-refractivity contribution in [1.29, 1.82) is 0 Å². The van der Waals surface area contributed by atoms with Gasteiger partial charge in [0.25, 0.3) is 5.91 Å². The fourth-order valence-electron chi connectivity index (χ4n) is 2.65. The van der Waals surface area contributed by atoms with Crippen LogP contribution in [0.25, 0.3) is 0 Å². The van der Waals surface area contributed by atoms with Gasteiger partial charge in [0.05, 0.1) is 5.92 Å². The highest BCUT2D eigenvalue weighted by atomic mass is 35.5. The maximum Gasteiger partial charge on any atom is 0.253 e. The lowest BCUT2D eigenvalue weighted by Gasteiger charge is -2.31. The van der Waals surface area contributed by atoms with E-state index in [1.165, 1.54) is 0 Å². The molecule has 0 radical (unpaired) electrons. The monoisotopic (exact) mass is 305 g/mol. The minimum Gasteiger partial charge on any atom is -0.339 e. The first kappa shape index (κ1) is 14.1. The highest BCUT2D eigenvalue weighted by Gasteiger charge is 2.28. The number of hydrogen-bond acceptors (Lipinski definition) is 4. The van der Waals surface area contributed by atoms with Crippen LogP contribution in [0, 0.1) is 6.92 Å². The van der Waals surface area contributed by atoms with Gasteiger partial charge < -0.3 is 9.42 Å². The van der Waals surface area contributed by atoms with Gasteiger partial charge in [-0.2, -0.15) is 4.98 Å². The summed E-state index contributed by atoms with van der Waals surface area (Å²) in [7, 11) is 0. The number of aryl methyl sites for hydroxylation is 1. The van der Waals surface area contributed by atoms with Gasteiger partial charge in [0.15, 0.2) is 5.82 Å². The molecule has 110 valence electrons. The fraction of sp³-hybridized carbons (Fsp3) is 0.400. The number of benzene rings is 1. The molecule has 1 unspecified atom stereocenters. The van der Waals surface area contributed by atoms with Gasteiger partial charge in [-0.3, -0.25) is 4.79 Å². The molecule has 1 aliphatic heterocycles. The van der Waals surface area contributed by atoms with Crippen LogP contribution in [-0.2, 0) is 0 Å². The Morgan fingerprint density at radius 3 is 3.05 bits per heavy atom. The van der Waals surface area contributed by atoms with E-state index in [2.05, 4.69) is 10.1 Å². The van der Waals surface area contributed by atoms with Gasteiger partial charge in [-0.25, -0.2) is 0 Å². The lowest BCUT2D eigenvalue weighted by Crippen LogP contribution is -2.39. The summed E-state index contributed by atoms with van der Waals surface area (Å²) in [6.45, 7) is 3.15. The van der Waals surface area contributed by atoms with Crippen molar-refractivity contribution in [2.24, 2.45) is 0 Å². The maximum atomic E-state index is 12.5. The summed E-state index contributed by atoms with van der Waals surface area (Å²) in [6, 6.07) is 7.04. The highest BCUT2D eigenvalue weighted by Crippen LogP contribution is 2.27. The number of piperidine rings is 1. The summed E-state index contributed by atoms with van der Waals surface area (Å²) in [6.07, 6.45) is 1.89. The number of carbonyl (C=O) groups is 1. The van der Waals surface area contributed by atoms with E-state index in [4.69, 9.17) is 16.1 Å². The molecule has 0 N–H and O–H groups in total. The van der Waals surface area contributed by atoms with Gasteiger partial charge in [-0.15, -0.1) is 0 Å². The van der Waals surface area contributed by atoms with Crippen LogP contribution in [-0.4, -0.2) is 34.0 Å². The van der Waals surface area contributed by atoms with E-state index in [1.807, 2.05) is 4.90 Å². The van der Waals surface area contributed by atoms with Crippen molar-refractivity contribution in [3.63, 3.8) is 0 Å². The number of carbonyl (C=O) groups excluding carboxylic acids is 1. The van der Waals surface area contributed by atoms with Crippen LogP contribution in [0.1, 0.15) is 40.8 Å².